The third-order valence-electron chi connectivity index (χ3n) is 4.50. The molecule has 1 amide bonds. The van der Waals surface area contributed by atoms with Crippen LogP contribution in [0.4, 0.5) is 0 Å². The van der Waals surface area contributed by atoms with Crippen LogP contribution in [0.25, 0.3) is 5.69 Å². The molecule has 132 valence electrons. The second-order valence-corrected chi connectivity index (χ2v) is 6.38. The molecule has 8 nitrogen and oxygen atoms in total. The van der Waals surface area contributed by atoms with E-state index in [1.54, 1.807) is 41.3 Å². The molecule has 4 rings (SSSR count). The van der Waals surface area contributed by atoms with E-state index >= 15 is 0 Å². The van der Waals surface area contributed by atoms with Gasteiger partial charge in [0.1, 0.15) is 5.75 Å². The highest BCUT2D eigenvalue weighted by molar-refractivity contribution is 6.30. The lowest BCUT2D eigenvalue weighted by Crippen LogP contribution is -2.39. The van der Waals surface area contributed by atoms with E-state index in [9.17, 15) is 9.90 Å². The van der Waals surface area contributed by atoms with E-state index in [4.69, 9.17) is 4.42 Å². The Hall–Kier alpha value is -3.10. The summed E-state index contributed by atoms with van der Waals surface area (Å²) in [4.78, 5) is 16.0. The van der Waals surface area contributed by atoms with Gasteiger partial charge in [-0.05, 0) is 48.7 Å². The molecule has 0 saturated carbocycles. The predicted molar refractivity (Wildman–Crippen MR) is 95.3 cm³/mol. The number of furan rings is 1. The maximum absolute atomic E-state index is 12.8. The average Bonchev–Trinajstić information content (AvgIpc) is 3.30. The van der Waals surface area contributed by atoms with E-state index in [1.807, 2.05) is 7.85 Å². The van der Waals surface area contributed by atoms with Gasteiger partial charge in [0.2, 0.25) is 0 Å². The minimum Gasteiger partial charge on any atom is -0.508 e. The number of amides is 1. The number of carbonyl (C=O) groups excluding carboxylic acids is 1. The first kappa shape index (κ1) is 16.4. The number of hydrogen-bond acceptors (Lipinski definition) is 6. The second-order valence-electron chi connectivity index (χ2n) is 6.38. The molecule has 0 radical (unpaired) electrons. The number of benzene rings is 1. The third kappa shape index (κ3) is 3.07. The number of phenolic OH excluding ortho intramolecular Hbond substituents is 1. The molecule has 1 aromatic carbocycles. The van der Waals surface area contributed by atoms with Gasteiger partial charge in [-0.1, -0.05) is 6.07 Å². The van der Waals surface area contributed by atoms with E-state index in [-0.39, 0.29) is 17.7 Å². The van der Waals surface area contributed by atoms with E-state index in [0.29, 0.717) is 29.5 Å². The van der Waals surface area contributed by atoms with Crippen LogP contribution >= 0.6 is 0 Å². The van der Waals surface area contributed by atoms with Gasteiger partial charge in [-0.2, -0.15) is 0 Å². The van der Waals surface area contributed by atoms with Gasteiger partial charge in [0.05, 0.1) is 17.4 Å². The van der Waals surface area contributed by atoms with Crippen molar-refractivity contribution in [3.05, 3.63) is 48.0 Å². The molecule has 9 heteroatoms. The van der Waals surface area contributed by atoms with Crippen molar-refractivity contribution in [3.8, 4) is 11.4 Å². The molecule has 1 N–H and O–H groups in total. The van der Waals surface area contributed by atoms with Crippen molar-refractivity contribution in [3.63, 3.8) is 0 Å². The highest BCUT2D eigenvalue weighted by Gasteiger charge is 2.33. The summed E-state index contributed by atoms with van der Waals surface area (Å²) in [5.74, 6) is 0.792. The minimum absolute atomic E-state index is 0.129. The maximum Gasteiger partial charge on any atom is 0.290 e. The van der Waals surface area contributed by atoms with Gasteiger partial charge in [-0.25, -0.2) is 0 Å². The van der Waals surface area contributed by atoms with Gasteiger partial charge in [0.15, 0.2) is 19.4 Å². The number of nitrogens with zero attached hydrogens (tertiary/aromatic N) is 5. The van der Waals surface area contributed by atoms with E-state index in [2.05, 4.69) is 15.4 Å². The van der Waals surface area contributed by atoms with E-state index < -0.39 is 0 Å². The van der Waals surface area contributed by atoms with Crippen LogP contribution in [0.3, 0.4) is 0 Å². The van der Waals surface area contributed by atoms with Crippen molar-refractivity contribution < 1.29 is 14.3 Å². The van der Waals surface area contributed by atoms with Gasteiger partial charge < -0.3 is 14.4 Å². The van der Waals surface area contributed by atoms with Gasteiger partial charge in [0, 0.05) is 12.6 Å². The van der Waals surface area contributed by atoms with Crippen LogP contribution < -0.4 is 5.66 Å². The number of aromatic nitrogens is 4. The van der Waals surface area contributed by atoms with Crippen LogP contribution in [0, 0.1) is 0 Å². The standard InChI is InChI=1S/C17H18BN5O3/c18-15-8-7-14(26-15)17(25)22-9-2-1-6-13(22)16-19-21-23(20-16)11-4-3-5-12(24)10-11/h3-5,7-8,10,13,24H,1-2,6,9,18H2. The topological polar surface area (TPSA) is 97.3 Å². The summed E-state index contributed by atoms with van der Waals surface area (Å²) in [6.45, 7) is 0.629. The molecule has 1 aliphatic rings. The number of tetrazole rings is 1. The second kappa shape index (κ2) is 6.66. The molecule has 3 heterocycles. The van der Waals surface area contributed by atoms with Crippen molar-refractivity contribution in [2.24, 2.45) is 0 Å². The zero-order valence-corrected chi connectivity index (χ0v) is 14.4. The minimum atomic E-state index is -0.243. The normalized spacial score (nSPS) is 17.4. The molecule has 1 aliphatic heterocycles. The first-order valence-electron chi connectivity index (χ1n) is 8.58. The molecule has 0 bridgehead atoms. The monoisotopic (exact) mass is 351 g/mol. The Labute approximate surface area is 150 Å². The van der Waals surface area contributed by atoms with Gasteiger partial charge in [0.25, 0.3) is 5.91 Å². The van der Waals surface area contributed by atoms with Crippen LogP contribution in [-0.4, -0.2) is 50.5 Å². The maximum atomic E-state index is 12.8. The molecule has 1 saturated heterocycles. The van der Waals surface area contributed by atoms with Crippen LogP contribution in [-0.2, 0) is 0 Å². The van der Waals surface area contributed by atoms with E-state index in [1.165, 1.54) is 4.80 Å². The summed E-state index contributed by atoms with van der Waals surface area (Å²) in [5, 5.41) is 22.3. The molecule has 26 heavy (non-hydrogen) atoms. The lowest BCUT2D eigenvalue weighted by molar-refractivity contribution is 0.0569. The Morgan fingerprint density at radius 3 is 2.92 bits per heavy atom. The highest BCUT2D eigenvalue weighted by Crippen LogP contribution is 2.30. The van der Waals surface area contributed by atoms with Crippen molar-refractivity contribution >= 4 is 19.4 Å². The SMILES string of the molecule is Bc1ccc(C(=O)N2CCCCC2c2nnn(-c3cccc(O)c3)n2)o1. The quantitative estimate of drug-likeness (QED) is 0.694. The van der Waals surface area contributed by atoms with E-state index in [0.717, 1.165) is 19.3 Å². The van der Waals surface area contributed by atoms with Gasteiger partial charge >= 0.3 is 0 Å². The Morgan fingerprint density at radius 2 is 2.15 bits per heavy atom. The first-order chi connectivity index (χ1) is 12.6. The fourth-order valence-corrected chi connectivity index (χ4v) is 3.22. The highest BCUT2D eigenvalue weighted by atomic mass is 16.3. The number of piperidine rings is 1. The summed E-state index contributed by atoms with van der Waals surface area (Å²) >= 11 is 0. The number of phenols is 1. The summed E-state index contributed by atoms with van der Waals surface area (Å²) < 4.78 is 5.49. The Balaban J connectivity index is 1.62. The largest absolute Gasteiger partial charge is 0.508 e. The Bertz CT molecular complexity index is 938. The van der Waals surface area contributed by atoms with Gasteiger partial charge in [-0.15, -0.1) is 15.0 Å². The lowest BCUT2D eigenvalue weighted by Gasteiger charge is -2.33. The van der Waals surface area contributed by atoms with Crippen molar-refractivity contribution in [2.75, 3.05) is 6.54 Å². The lowest BCUT2D eigenvalue weighted by atomic mass is 10.0. The first-order valence-corrected chi connectivity index (χ1v) is 8.58. The van der Waals surface area contributed by atoms with Crippen LogP contribution in [0.15, 0.2) is 40.8 Å². The fourth-order valence-electron chi connectivity index (χ4n) is 3.22. The average molecular weight is 351 g/mol. The number of carbonyl (C=O) groups is 1. The Morgan fingerprint density at radius 1 is 1.27 bits per heavy atom. The molecule has 1 unspecified atom stereocenters. The van der Waals surface area contributed by atoms with Crippen LogP contribution in [0.2, 0.25) is 0 Å². The molecular weight excluding hydrogens is 333 g/mol. The number of rotatable bonds is 3. The van der Waals surface area contributed by atoms with Crippen LogP contribution in [0.1, 0.15) is 41.7 Å². The molecule has 3 aromatic rings. The van der Waals surface area contributed by atoms with Crippen molar-refractivity contribution in [2.45, 2.75) is 25.3 Å². The summed E-state index contributed by atoms with van der Waals surface area (Å²) in [7, 11) is 1.81. The van der Waals surface area contributed by atoms with Crippen molar-refractivity contribution in [1.82, 2.24) is 25.1 Å². The summed E-state index contributed by atoms with van der Waals surface area (Å²) in [5.41, 5.74) is 1.31. The molecular formula is C17H18BN5O3. The molecule has 0 spiro atoms. The predicted octanol–water partition coefficient (Wildman–Crippen LogP) is 0.587. The third-order valence-corrected chi connectivity index (χ3v) is 4.50. The Kier molecular flexibility index (Phi) is 4.20. The van der Waals surface area contributed by atoms with Gasteiger partial charge in [-0.3, -0.25) is 4.79 Å². The fraction of sp³-hybridized carbons (Fsp3) is 0.294. The number of aromatic hydroxyl groups is 1. The number of hydrogen-bond donors (Lipinski definition) is 1. The zero-order valence-electron chi connectivity index (χ0n) is 14.4. The summed E-state index contributed by atoms with van der Waals surface area (Å²) in [6.07, 6.45) is 2.70. The van der Waals surface area contributed by atoms with Crippen LogP contribution in [0.5, 0.6) is 5.75 Å². The molecule has 1 atom stereocenters. The zero-order chi connectivity index (χ0) is 18.1. The smallest absolute Gasteiger partial charge is 0.290 e. The molecule has 2 aromatic heterocycles. The number of likely N-dealkylation sites (tertiary alicyclic amines) is 1. The summed E-state index contributed by atoms with van der Waals surface area (Å²) in [6, 6.07) is 9.86. The molecule has 0 aliphatic carbocycles. The molecule has 1 fully saturated rings. The van der Waals surface area contributed by atoms with Crippen molar-refractivity contribution in [1.29, 1.82) is 0 Å².